The summed E-state index contributed by atoms with van der Waals surface area (Å²) in [6, 6.07) is 4.38. The van der Waals surface area contributed by atoms with Crippen LogP contribution < -0.4 is 4.74 Å². The van der Waals surface area contributed by atoms with Crippen molar-refractivity contribution in [2.75, 3.05) is 6.61 Å². The van der Waals surface area contributed by atoms with E-state index in [9.17, 15) is 9.18 Å². The first-order valence-corrected chi connectivity index (χ1v) is 4.86. The fourth-order valence-electron chi connectivity index (χ4n) is 0.879. The number of carbonyl (C=O) groups is 1. The van der Waals surface area contributed by atoms with Crippen LogP contribution in [-0.4, -0.2) is 17.7 Å². The van der Waals surface area contributed by atoms with Crippen molar-refractivity contribution in [1.82, 2.24) is 0 Å². The summed E-state index contributed by atoms with van der Waals surface area (Å²) in [5, 5.41) is 8.28. The van der Waals surface area contributed by atoms with Gasteiger partial charge in [-0.1, -0.05) is 15.9 Å². The first kappa shape index (κ1) is 11.7. The Balaban J connectivity index is 2.54. The van der Waals surface area contributed by atoms with Gasteiger partial charge in [-0.2, -0.15) is 0 Å². The number of rotatable bonds is 4. The Hall–Kier alpha value is -1.36. The maximum absolute atomic E-state index is 13.1. The van der Waals surface area contributed by atoms with Crippen LogP contribution in [0.1, 0.15) is 0 Å². The van der Waals surface area contributed by atoms with Crippen LogP contribution in [0, 0.1) is 5.82 Å². The third-order valence-corrected chi connectivity index (χ3v) is 1.98. The standard InChI is InChI=1S/C10H8BrFO3/c11-7-3-4-9(8(12)6-7)15-5-1-2-10(13)14/h1-4,6H,5H2,(H,13,14). The molecule has 0 saturated carbocycles. The summed E-state index contributed by atoms with van der Waals surface area (Å²) in [4.78, 5) is 10.1. The van der Waals surface area contributed by atoms with Crippen LogP contribution in [0.4, 0.5) is 4.39 Å². The molecule has 0 amide bonds. The second-order valence-corrected chi connectivity index (χ2v) is 3.54. The van der Waals surface area contributed by atoms with Gasteiger partial charge in [-0.05, 0) is 24.3 Å². The molecule has 3 nitrogen and oxygen atoms in total. The number of carboxylic acid groups (broad SMARTS) is 1. The van der Waals surface area contributed by atoms with Crippen molar-refractivity contribution in [3.8, 4) is 5.75 Å². The van der Waals surface area contributed by atoms with Gasteiger partial charge >= 0.3 is 5.97 Å². The number of hydrogen-bond donors (Lipinski definition) is 1. The van der Waals surface area contributed by atoms with E-state index < -0.39 is 11.8 Å². The van der Waals surface area contributed by atoms with Gasteiger partial charge in [0.15, 0.2) is 11.6 Å². The predicted molar refractivity (Wildman–Crippen MR) is 56.4 cm³/mol. The molecule has 0 aliphatic rings. The van der Waals surface area contributed by atoms with Crippen molar-refractivity contribution in [3.05, 3.63) is 40.6 Å². The van der Waals surface area contributed by atoms with Gasteiger partial charge in [0, 0.05) is 10.5 Å². The minimum absolute atomic E-state index is 0.0187. The average Bonchev–Trinajstić information content (AvgIpc) is 2.14. The molecule has 5 heteroatoms. The lowest BCUT2D eigenvalue weighted by molar-refractivity contribution is -0.131. The van der Waals surface area contributed by atoms with Crippen molar-refractivity contribution in [2.24, 2.45) is 0 Å². The van der Waals surface area contributed by atoms with Crippen LogP contribution in [-0.2, 0) is 4.79 Å². The third kappa shape index (κ3) is 4.12. The van der Waals surface area contributed by atoms with Gasteiger partial charge in [-0.25, -0.2) is 9.18 Å². The molecule has 0 heterocycles. The van der Waals surface area contributed by atoms with E-state index in [2.05, 4.69) is 15.9 Å². The van der Waals surface area contributed by atoms with Crippen molar-refractivity contribution >= 4 is 21.9 Å². The van der Waals surface area contributed by atoms with Crippen molar-refractivity contribution < 1.29 is 19.0 Å². The topological polar surface area (TPSA) is 46.5 Å². The molecule has 0 aliphatic carbocycles. The van der Waals surface area contributed by atoms with Crippen molar-refractivity contribution in [1.29, 1.82) is 0 Å². The fourth-order valence-corrected chi connectivity index (χ4v) is 1.21. The fraction of sp³-hybridized carbons (Fsp3) is 0.100. The summed E-state index contributed by atoms with van der Waals surface area (Å²) in [6.45, 7) is 0.0187. The SMILES string of the molecule is O=C(O)C=CCOc1ccc(Br)cc1F. The van der Waals surface area contributed by atoms with Crippen LogP contribution >= 0.6 is 15.9 Å². The highest BCUT2D eigenvalue weighted by Gasteiger charge is 2.02. The van der Waals surface area contributed by atoms with E-state index in [0.717, 1.165) is 6.08 Å². The largest absolute Gasteiger partial charge is 0.486 e. The minimum atomic E-state index is -1.06. The van der Waals surface area contributed by atoms with E-state index >= 15 is 0 Å². The lowest BCUT2D eigenvalue weighted by Crippen LogP contribution is -1.97. The van der Waals surface area contributed by atoms with Gasteiger partial charge in [-0.15, -0.1) is 0 Å². The van der Waals surface area contributed by atoms with Gasteiger partial charge < -0.3 is 9.84 Å². The second kappa shape index (κ2) is 5.50. The average molecular weight is 275 g/mol. The number of ether oxygens (including phenoxy) is 1. The Morgan fingerprint density at radius 3 is 2.93 bits per heavy atom. The molecule has 0 unspecified atom stereocenters. The van der Waals surface area contributed by atoms with Gasteiger partial charge in [-0.3, -0.25) is 0 Å². The van der Waals surface area contributed by atoms with Crippen LogP contribution in [0.2, 0.25) is 0 Å². The zero-order valence-corrected chi connectivity index (χ0v) is 9.20. The highest BCUT2D eigenvalue weighted by atomic mass is 79.9. The predicted octanol–water partition coefficient (Wildman–Crippen LogP) is 2.61. The number of carboxylic acids is 1. The molecule has 0 aromatic heterocycles. The van der Waals surface area contributed by atoms with E-state index in [-0.39, 0.29) is 12.4 Å². The Labute approximate surface area is 94.3 Å². The highest BCUT2D eigenvalue weighted by Crippen LogP contribution is 2.21. The Morgan fingerprint density at radius 2 is 2.33 bits per heavy atom. The molecular formula is C10H8BrFO3. The molecule has 1 N–H and O–H groups in total. The van der Waals surface area contributed by atoms with Crippen LogP contribution in [0.3, 0.4) is 0 Å². The van der Waals surface area contributed by atoms with E-state index in [4.69, 9.17) is 9.84 Å². The van der Waals surface area contributed by atoms with Crippen molar-refractivity contribution in [2.45, 2.75) is 0 Å². The van der Waals surface area contributed by atoms with Gasteiger partial charge in [0.2, 0.25) is 0 Å². The summed E-state index contributed by atoms with van der Waals surface area (Å²) < 4.78 is 18.8. The molecule has 0 atom stereocenters. The molecule has 1 rings (SSSR count). The third-order valence-electron chi connectivity index (χ3n) is 1.49. The molecule has 0 saturated heterocycles. The van der Waals surface area contributed by atoms with Crippen LogP contribution in [0.5, 0.6) is 5.75 Å². The molecule has 15 heavy (non-hydrogen) atoms. The quantitative estimate of drug-likeness (QED) is 0.859. The molecule has 0 bridgehead atoms. The van der Waals surface area contributed by atoms with Crippen LogP contribution in [0.15, 0.2) is 34.8 Å². The molecule has 0 radical (unpaired) electrons. The maximum atomic E-state index is 13.1. The highest BCUT2D eigenvalue weighted by molar-refractivity contribution is 9.10. The number of benzene rings is 1. The van der Waals surface area contributed by atoms with Gasteiger partial charge in [0.25, 0.3) is 0 Å². The lowest BCUT2D eigenvalue weighted by Gasteiger charge is -2.04. The number of hydrogen-bond acceptors (Lipinski definition) is 2. The maximum Gasteiger partial charge on any atom is 0.328 e. The summed E-state index contributed by atoms with van der Waals surface area (Å²) in [6.07, 6.45) is 2.24. The molecular weight excluding hydrogens is 267 g/mol. The molecule has 0 aliphatic heterocycles. The minimum Gasteiger partial charge on any atom is -0.486 e. The summed E-state index contributed by atoms with van der Waals surface area (Å²) in [5.74, 6) is -1.46. The van der Waals surface area contributed by atoms with Gasteiger partial charge in [0.05, 0.1) is 0 Å². The summed E-state index contributed by atoms with van der Waals surface area (Å²) >= 11 is 3.11. The summed E-state index contributed by atoms with van der Waals surface area (Å²) in [7, 11) is 0. The summed E-state index contributed by atoms with van der Waals surface area (Å²) in [5.41, 5.74) is 0. The molecule has 80 valence electrons. The van der Waals surface area contributed by atoms with E-state index in [1.165, 1.54) is 18.2 Å². The molecule has 1 aromatic rings. The van der Waals surface area contributed by atoms with Gasteiger partial charge in [0.1, 0.15) is 6.61 Å². The zero-order chi connectivity index (χ0) is 11.3. The monoisotopic (exact) mass is 274 g/mol. The molecule has 0 spiro atoms. The lowest BCUT2D eigenvalue weighted by atomic mass is 10.3. The Bertz CT molecular complexity index is 390. The number of aliphatic carboxylic acids is 1. The second-order valence-electron chi connectivity index (χ2n) is 2.63. The molecule has 0 fully saturated rings. The normalized spacial score (nSPS) is 10.5. The van der Waals surface area contributed by atoms with Crippen LogP contribution in [0.25, 0.3) is 0 Å². The van der Waals surface area contributed by atoms with E-state index in [0.29, 0.717) is 4.47 Å². The van der Waals surface area contributed by atoms with Crippen molar-refractivity contribution in [3.63, 3.8) is 0 Å². The van der Waals surface area contributed by atoms with E-state index in [1.54, 1.807) is 6.07 Å². The zero-order valence-electron chi connectivity index (χ0n) is 7.61. The Morgan fingerprint density at radius 1 is 1.60 bits per heavy atom. The molecule has 1 aromatic carbocycles. The number of halogens is 2. The first-order valence-electron chi connectivity index (χ1n) is 4.07. The first-order chi connectivity index (χ1) is 7.09. The smallest absolute Gasteiger partial charge is 0.328 e. The Kier molecular flexibility index (Phi) is 4.30. The van der Waals surface area contributed by atoms with E-state index in [1.807, 2.05) is 0 Å².